The van der Waals surface area contributed by atoms with Gasteiger partial charge in [-0.1, -0.05) is 45.0 Å². The van der Waals surface area contributed by atoms with E-state index < -0.39 is 23.7 Å². The van der Waals surface area contributed by atoms with Crippen molar-refractivity contribution >= 4 is 12.1 Å². The van der Waals surface area contributed by atoms with E-state index in [4.69, 9.17) is 4.74 Å². The zero-order valence-corrected chi connectivity index (χ0v) is 15.5. The van der Waals surface area contributed by atoms with Crippen LogP contribution in [0.3, 0.4) is 0 Å². The lowest BCUT2D eigenvalue weighted by Crippen LogP contribution is -2.43. The molecule has 0 fully saturated rings. The monoisotopic (exact) mass is 335 g/mol. The van der Waals surface area contributed by atoms with Crippen LogP contribution < -0.4 is 5.32 Å². The molecule has 1 amide bonds. The Bertz CT molecular complexity index is 565. The van der Waals surface area contributed by atoms with Gasteiger partial charge < -0.3 is 15.2 Å². The summed E-state index contributed by atoms with van der Waals surface area (Å²) in [5.74, 6) is -1.06. The van der Waals surface area contributed by atoms with Gasteiger partial charge in [0.25, 0.3) is 0 Å². The Morgan fingerprint density at radius 3 is 2.04 bits per heavy atom. The number of carboxylic acid groups (broad SMARTS) is 1. The van der Waals surface area contributed by atoms with Gasteiger partial charge in [-0.05, 0) is 50.2 Å². The highest BCUT2D eigenvalue weighted by atomic mass is 16.6. The van der Waals surface area contributed by atoms with Gasteiger partial charge >= 0.3 is 12.1 Å². The zero-order chi connectivity index (χ0) is 18.5. The van der Waals surface area contributed by atoms with Crippen molar-refractivity contribution < 1.29 is 19.4 Å². The number of rotatable bonds is 5. The van der Waals surface area contributed by atoms with E-state index in [2.05, 4.69) is 38.2 Å². The van der Waals surface area contributed by atoms with Gasteiger partial charge in [-0.15, -0.1) is 0 Å². The van der Waals surface area contributed by atoms with Crippen LogP contribution in [0.2, 0.25) is 0 Å². The number of benzene rings is 1. The van der Waals surface area contributed by atoms with Gasteiger partial charge in [0.05, 0.1) is 0 Å². The van der Waals surface area contributed by atoms with E-state index in [1.54, 1.807) is 20.8 Å². The van der Waals surface area contributed by atoms with Crippen molar-refractivity contribution in [1.82, 2.24) is 5.32 Å². The molecular weight excluding hydrogens is 306 g/mol. The van der Waals surface area contributed by atoms with Crippen LogP contribution in [0.1, 0.15) is 59.1 Å². The van der Waals surface area contributed by atoms with Crippen LogP contribution in [0.5, 0.6) is 0 Å². The molecule has 0 aliphatic heterocycles. The standard InChI is InChI=1S/C19H29NO4/c1-18(2,3)14-10-7-13(8-11-14)9-12-15(16(21)22)20-17(23)24-19(4,5)6/h7-8,10-11,15H,9,12H2,1-6H3,(H,20,23)(H,21,22)/t15-/m1/s1. The van der Waals surface area contributed by atoms with Gasteiger partial charge in [0.1, 0.15) is 11.6 Å². The van der Waals surface area contributed by atoms with Gasteiger partial charge in [0.15, 0.2) is 0 Å². The smallest absolute Gasteiger partial charge is 0.408 e. The minimum absolute atomic E-state index is 0.0837. The second-order valence-electron chi connectivity index (χ2n) is 8.02. The molecule has 1 aromatic carbocycles. The van der Waals surface area contributed by atoms with Gasteiger partial charge in [-0.2, -0.15) is 0 Å². The maximum absolute atomic E-state index is 11.7. The maximum atomic E-state index is 11.7. The fourth-order valence-electron chi connectivity index (χ4n) is 2.19. The first-order valence-corrected chi connectivity index (χ1v) is 8.20. The first-order valence-electron chi connectivity index (χ1n) is 8.20. The fraction of sp³-hybridized carbons (Fsp3) is 0.579. The minimum Gasteiger partial charge on any atom is -0.480 e. The third-order valence-corrected chi connectivity index (χ3v) is 3.53. The second kappa shape index (κ2) is 7.69. The number of amides is 1. The average Bonchev–Trinajstić information content (AvgIpc) is 2.40. The molecule has 0 saturated carbocycles. The highest BCUT2D eigenvalue weighted by molar-refractivity contribution is 5.80. The molecule has 2 N–H and O–H groups in total. The molecule has 0 unspecified atom stereocenters. The number of aliphatic carboxylic acids is 1. The summed E-state index contributed by atoms with van der Waals surface area (Å²) in [4.78, 5) is 23.1. The van der Waals surface area contributed by atoms with Crippen LogP contribution in [0, 0.1) is 0 Å². The molecule has 5 heteroatoms. The number of hydrogen-bond donors (Lipinski definition) is 2. The molecule has 0 heterocycles. The van der Waals surface area contributed by atoms with E-state index in [0.717, 1.165) is 5.56 Å². The zero-order valence-electron chi connectivity index (χ0n) is 15.5. The molecule has 1 atom stereocenters. The highest BCUT2D eigenvalue weighted by Gasteiger charge is 2.23. The van der Waals surface area contributed by atoms with Crippen molar-refractivity contribution in [1.29, 1.82) is 0 Å². The fourth-order valence-corrected chi connectivity index (χ4v) is 2.19. The Morgan fingerprint density at radius 1 is 1.08 bits per heavy atom. The SMILES string of the molecule is CC(C)(C)OC(=O)N[C@H](CCc1ccc(C(C)(C)C)cc1)C(=O)O. The van der Waals surface area contributed by atoms with Crippen molar-refractivity contribution in [3.05, 3.63) is 35.4 Å². The summed E-state index contributed by atoms with van der Waals surface area (Å²) in [6, 6.07) is 7.17. The molecule has 0 radical (unpaired) electrons. The quantitative estimate of drug-likeness (QED) is 0.856. The number of hydrogen-bond acceptors (Lipinski definition) is 3. The number of carbonyl (C=O) groups is 2. The van der Waals surface area contributed by atoms with Crippen LogP contribution in [0.4, 0.5) is 4.79 Å². The minimum atomic E-state index is -1.06. The molecule has 0 aliphatic carbocycles. The van der Waals surface area contributed by atoms with Crippen LogP contribution in [0.15, 0.2) is 24.3 Å². The third kappa shape index (κ3) is 7.02. The number of carboxylic acids is 1. The van der Waals surface area contributed by atoms with E-state index in [-0.39, 0.29) is 5.41 Å². The van der Waals surface area contributed by atoms with E-state index in [1.165, 1.54) is 5.56 Å². The molecule has 24 heavy (non-hydrogen) atoms. The Kier molecular flexibility index (Phi) is 6.41. The number of carbonyl (C=O) groups excluding carboxylic acids is 1. The highest BCUT2D eigenvalue weighted by Crippen LogP contribution is 2.22. The molecule has 0 saturated heterocycles. The topological polar surface area (TPSA) is 75.6 Å². The predicted molar refractivity (Wildman–Crippen MR) is 94.3 cm³/mol. The van der Waals surface area contributed by atoms with Crippen molar-refractivity contribution in [3.63, 3.8) is 0 Å². The van der Waals surface area contributed by atoms with Gasteiger partial charge in [-0.25, -0.2) is 9.59 Å². The van der Waals surface area contributed by atoms with Crippen LogP contribution >= 0.6 is 0 Å². The van der Waals surface area contributed by atoms with E-state index >= 15 is 0 Å². The summed E-state index contributed by atoms with van der Waals surface area (Å²) in [5, 5.41) is 11.7. The predicted octanol–water partition coefficient (Wildman–Crippen LogP) is 3.89. The van der Waals surface area contributed by atoms with E-state index in [0.29, 0.717) is 12.8 Å². The molecule has 5 nitrogen and oxygen atoms in total. The summed E-state index contributed by atoms with van der Waals surface area (Å²) in [6.45, 7) is 11.6. The Balaban J connectivity index is 2.64. The third-order valence-electron chi connectivity index (χ3n) is 3.53. The van der Waals surface area contributed by atoms with Gasteiger partial charge in [-0.3, -0.25) is 0 Å². The molecule has 0 spiro atoms. The van der Waals surface area contributed by atoms with Crippen LogP contribution in [0.25, 0.3) is 0 Å². The molecule has 0 aromatic heterocycles. The Hall–Kier alpha value is -2.04. The molecule has 1 rings (SSSR count). The summed E-state index contributed by atoms with van der Waals surface area (Å²) >= 11 is 0. The lowest BCUT2D eigenvalue weighted by Gasteiger charge is -2.22. The normalized spacial score (nSPS) is 13.2. The van der Waals surface area contributed by atoms with Crippen LogP contribution in [-0.2, 0) is 21.4 Å². The number of ether oxygens (including phenoxy) is 1. The average molecular weight is 335 g/mol. The van der Waals surface area contributed by atoms with Gasteiger partial charge in [0.2, 0.25) is 0 Å². The summed E-state index contributed by atoms with van der Waals surface area (Å²) in [7, 11) is 0. The molecule has 0 bridgehead atoms. The van der Waals surface area contributed by atoms with Crippen LogP contribution in [-0.4, -0.2) is 28.8 Å². The molecule has 0 aliphatic rings. The molecular formula is C19H29NO4. The Morgan fingerprint density at radius 2 is 1.62 bits per heavy atom. The molecule has 1 aromatic rings. The number of nitrogens with one attached hydrogen (secondary N) is 1. The van der Waals surface area contributed by atoms with Crippen molar-refractivity contribution in [3.8, 4) is 0 Å². The first kappa shape index (κ1) is 20.0. The maximum Gasteiger partial charge on any atom is 0.408 e. The number of aryl methyl sites for hydroxylation is 1. The summed E-state index contributed by atoms with van der Waals surface area (Å²) in [5.41, 5.74) is 1.70. The Labute approximate surface area is 144 Å². The molecule has 134 valence electrons. The van der Waals surface area contributed by atoms with Gasteiger partial charge in [0, 0.05) is 0 Å². The second-order valence-corrected chi connectivity index (χ2v) is 8.02. The van der Waals surface area contributed by atoms with Crippen molar-refractivity contribution in [2.75, 3.05) is 0 Å². The van der Waals surface area contributed by atoms with E-state index in [1.807, 2.05) is 12.1 Å². The lowest BCUT2D eigenvalue weighted by molar-refractivity contribution is -0.139. The largest absolute Gasteiger partial charge is 0.480 e. The van der Waals surface area contributed by atoms with Crippen molar-refractivity contribution in [2.45, 2.75) is 71.4 Å². The lowest BCUT2D eigenvalue weighted by atomic mass is 9.86. The first-order chi connectivity index (χ1) is 10.9. The van der Waals surface area contributed by atoms with E-state index in [9.17, 15) is 14.7 Å². The summed E-state index contributed by atoms with van der Waals surface area (Å²) in [6.07, 6.45) is 0.165. The summed E-state index contributed by atoms with van der Waals surface area (Å²) < 4.78 is 5.11. The van der Waals surface area contributed by atoms with Crippen molar-refractivity contribution in [2.24, 2.45) is 0 Å². The number of alkyl carbamates (subject to hydrolysis) is 1.